The molecule has 3 aromatic carbocycles. The minimum atomic E-state index is -3.86. The first-order chi connectivity index (χ1) is 18.1. The molecule has 0 heterocycles. The van der Waals surface area contributed by atoms with E-state index in [1.807, 2.05) is 33.3 Å². The fraction of sp³-hybridized carbons (Fsp3) is 0.387. The zero-order valence-corrected chi connectivity index (χ0v) is 24.0. The van der Waals surface area contributed by atoms with Crippen molar-refractivity contribution in [2.75, 3.05) is 39.6 Å². The molecule has 0 spiro atoms. The van der Waals surface area contributed by atoms with Gasteiger partial charge in [0.25, 0.3) is 5.91 Å². The van der Waals surface area contributed by atoms with Gasteiger partial charge in [0, 0.05) is 11.3 Å². The van der Waals surface area contributed by atoms with Gasteiger partial charge in [0.1, 0.15) is 13.2 Å². The van der Waals surface area contributed by atoms with Crippen LogP contribution in [-0.2, 0) is 21.7 Å². The summed E-state index contributed by atoms with van der Waals surface area (Å²) in [6.45, 7) is 3.02. The summed E-state index contributed by atoms with van der Waals surface area (Å²) in [7, 11) is 2.13. The number of hydrogen-bond donors (Lipinski definition) is 2. The van der Waals surface area contributed by atoms with Crippen LogP contribution < -0.4 is 5.32 Å². The molecule has 0 aliphatic rings. The van der Waals surface area contributed by atoms with Crippen LogP contribution in [0.1, 0.15) is 54.1 Å². The SMILES string of the molecule is CCCCCCc1ccc(-c2ccc(C(=O)Nc3ccccc3CP(=O)(O)OCC[N+](C)(C)C)cc2)cc1. The number of carbonyl (C=O) groups excluding carboxylic acids is 1. The molecule has 2 N–H and O–H groups in total. The second-order valence-electron chi connectivity index (χ2n) is 10.8. The largest absolute Gasteiger partial charge is 0.332 e. The van der Waals surface area contributed by atoms with E-state index < -0.39 is 7.60 Å². The molecular formula is C31H42N2O4P+. The van der Waals surface area contributed by atoms with Crippen LogP contribution in [-0.4, -0.2) is 49.6 Å². The third kappa shape index (κ3) is 9.85. The summed E-state index contributed by atoms with van der Waals surface area (Å²) < 4.78 is 18.6. The van der Waals surface area contributed by atoms with Crippen molar-refractivity contribution in [3.05, 3.63) is 89.5 Å². The second-order valence-corrected chi connectivity index (χ2v) is 12.7. The van der Waals surface area contributed by atoms with E-state index in [1.165, 1.54) is 31.2 Å². The third-order valence-electron chi connectivity index (χ3n) is 6.44. The molecule has 0 saturated heterocycles. The number of para-hydroxylation sites is 1. The van der Waals surface area contributed by atoms with Gasteiger partial charge in [-0.25, -0.2) is 0 Å². The molecule has 0 bridgehead atoms. The molecule has 7 heteroatoms. The molecule has 0 aliphatic carbocycles. The molecular weight excluding hydrogens is 495 g/mol. The Labute approximate surface area is 227 Å². The van der Waals surface area contributed by atoms with E-state index in [9.17, 15) is 14.3 Å². The van der Waals surface area contributed by atoms with E-state index in [0.717, 1.165) is 17.5 Å². The Bertz CT molecular complexity index is 1220. The van der Waals surface area contributed by atoms with Crippen LogP contribution in [0.4, 0.5) is 5.69 Å². The summed E-state index contributed by atoms with van der Waals surface area (Å²) in [6, 6.07) is 23.2. The quantitative estimate of drug-likeness (QED) is 0.130. The number of anilines is 1. The maximum Gasteiger partial charge on any atom is 0.332 e. The zero-order valence-electron chi connectivity index (χ0n) is 23.2. The van der Waals surface area contributed by atoms with Crippen LogP contribution in [0.25, 0.3) is 11.1 Å². The highest BCUT2D eigenvalue weighted by Crippen LogP contribution is 2.46. The molecule has 3 aromatic rings. The first kappa shape index (κ1) is 29.8. The van der Waals surface area contributed by atoms with Crippen molar-refractivity contribution >= 4 is 19.2 Å². The van der Waals surface area contributed by atoms with Crippen molar-refractivity contribution in [3.8, 4) is 11.1 Å². The number of hydrogen-bond acceptors (Lipinski definition) is 3. The summed E-state index contributed by atoms with van der Waals surface area (Å²) in [6.07, 6.45) is 5.97. The monoisotopic (exact) mass is 537 g/mol. The van der Waals surface area contributed by atoms with Crippen molar-refractivity contribution in [3.63, 3.8) is 0 Å². The molecule has 0 saturated carbocycles. The van der Waals surface area contributed by atoms with Crippen LogP contribution in [0.5, 0.6) is 0 Å². The molecule has 1 atom stereocenters. The third-order valence-corrected chi connectivity index (χ3v) is 7.77. The van der Waals surface area contributed by atoms with Gasteiger partial charge in [0.2, 0.25) is 0 Å². The van der Waals surface area contributed by atoms with Gasteiger partial charge >= 0.3 is 7.60 Å². The first-order valence-corrected chi connectivity index (χ1v) is 15.2. The highest BCUT2D eigenvalue weighted by atomic mass is 31.2. The molecule has 0 fully saturated rings. The molecule has 0 aliphatic heterocycles. The Morgan fingerprint density at radius 2 is 1.53 bits per heavy atom. The number of likely N-dealkylation sites (N-methyl/N-ethyl adjacent to an activating group) is 1. The number of nitrogens with zero attached hydrogens (tertiary/aromatic N) is 1. The Morgan fingerprint density at radius 3 is 2.16 bits per heavy atom. The summed E-state index contributed by atoms with van der Waals surface area (Å²) in [5.74, 6) is -0.273. The topological polar surface area (TPSA) is 75.6 Å². The second kappa shape index (κ2) is 13.9. The van der Waals surface area contributed by atoms with E-state index in [1.54, 1.807) is 36.4 Å². The van der Waals surface area contributed by atoms with Gasteiger partial charge in [-0.1, -0.05) is 80.8 Å². The predicted molar refractivity (Wildman–Crippen MR) is 156 cm³/mol. The Kier molecular flexibility index (Phi) is 10.9. The minimum Gasteiger partial charge on any atom is -0.329 e. The zero-order chi connectivity index (χ0) is 27.6. The van der Waals surface area contributed by atoms with Crippen molar-refractivity contribution in [2.24, 2.45) is 0 Å². The molecule has 0 radical (unpaired) electrons. The number of rotatable bonds is 14. The van der Waals surface area contributed by atoms with E-state index >= 15 is 0 Å². The van der Waals surface area contributed by atoms with Crippen LogP contribution in [0.2, 0.25) is 0 Å². The maximum absolute atomic E-state index is 13.0. The van der Waals surface area contributed by atoms with Crippen LogP contribution >= 0.6 is 7.60 Å². The van der Waals surface area contributed by atoms with E-state index in [0.29, 0.717) is 27.8 Å². The summed E-state index contributed by atoms with van der Waals surface area (Å²) in [5.41, 5.74) is 5.09. The lowest BCUT2D eigenvalue weighted by molar-refractivity contribution is -0.870. The van der Waals surface area contributed by atoms with E-state index in [2.05, 4.69) is 36.5 Å². The maximum atomic E-state index is 13.0. The fourth-order valence-electron chi connectivity index (χ4n) is 4.13. The lowest BCUT2D eigenvalue weighted by Crippen LogP contribution is -2.37. The van der Waals surface area contributed by atoms with Crippen molar-refractivity contribution < 1.29 is 23.3 Å². The van der Waals surface area contributed by atoms with Gasteiger partial charge in [0.05, 0.1) is 27.3 Å². The number of benzene rings is 3. The molecule has 38 heavy (non-hydrogen) atoms. The summed E-state index contributed by atoms with van der Waals surface area (Å²) in [5, 5.41) is 2.90. The highest BCUT2D eigenvalue weighted by molar-refractivity contribution is 7.51. The normalized spacial score (nSPS) is 13.2. The fourth-order valence-corrected chi connectivity index (χ4v) is 5.29. The Balaban J connectivity index is 1.61. The number of unbranched alkanes of at least 4 members (excludes halogenated alkanes) is 3. The average Bonchev–Trinajstić information content (AvgIpc) is 2.87. The van der Waals surface area contributed by atoms with Crippen LogP contribution in [0, 0.1) is 0 Å². The van der Waals surface area contributed by atoms with Gasteiger partial charge in [-0.2, -0.15) is 0 Å². The van der Waals surface area contributed by atoms with Crippen molar-refractivity contribution in [2.45, 2.75) is 45.2 Å². The summed E-state index contributed by atoms with van der Waals surface area (Å²) >= 11 is 0. The Morgan fingerprint density at radius 1 is 0.895 bits per heavy atom. The van der Waals surface area contributed by atoms with Gasteiger partial charge in [-0.3, -0.25) is 9.36 Å². The predicted octanol–water partition coefficient (Wildman–Crippen LogP) is 7.14. The average molecular weight is 538 g/mol. The molecule has 1 amide bonds. The number of carbonyl (C=O) groups is 1. The molecule has 204 valence electrons. The smallest absolute Gasteiger partial charge is 0.329 e. The number of nitrogens with one attached hydrogen (secondary N) is 1. The van der Waals surface area contributed by atoms with Crippen LogP contribution in [0.15, 0.2) is 72.8 Å². The van der Waals surface area contributed by atoms with E-state index in [4.69, 9.17) is 4.52 Å². The van der Waals surface area contributed by atoms with E-state index in [-0.39, 0.29) is 18.7 Å². The van der Waals surface area contributed by atoms with Crippen LogP contribution in [0.3, 0.4) is 0 Å². The standard InChI is InChI=1S/C31H41N2O4P/c1-5-6-7-8-11-25-14-16-26(17-15-25)27-18-20-28(21-19-27)31(34)32-30-13-10-9-12-29(30)24-38(35,36)37-23-22-33(2,3)4/h9-10,12-21H,5-8,11,22-24H2,1-4H3,(H-,32,34,35,36)/p+1. The molecule has 1 unspecified atom stereocenters. The Hall–Kier alpha value is -2.76. The van der Waals surface area contributed by atoms with Gasteiger partial charge in [-0.15, -0.1) is 0 Å². The van der Waals surface area contributed by atoms with Gasteiger partial charge in [0.15, 0.2) is 0 Å². The number of quaternary nitrogens is 1. The van der Waals surface area contributed by atoms with Crippen molar-refractivity contribution in [1.82, 2.24) is 0 Å². The van der Waals surface area contributed by atoms with Gasteiger partial charge in [-0.05, 0) is 53.3 Å². The number of amides is 1. The molecule has 6 nitrogen and oxygen atoms in total. The number of aryl methyl sites for hydroxylation is 1. The minimum absolute atomic E-state index is 0.172. The van der Waals surface area contributed by atoms with Gasteiger partial charge < -0.3 is 19.2 Å². The summed E-state index contributed by atoms with van der Waals surface area (Å²) in [4.78, 5) is 23.4. The lowest BCUT2D eigenvalue weighted by atomic mass is 10.00. The first-order valence-electron chi connectivity index (χ1n) is 13.4. The lowest BCUT2D eigenvalue weighted by Gasteiger charge is -2.24. The highest BCUT2D eigenvalue weighted by Gasteiger charge is 2.23. The molecule has 0 aromatic heterocycles. The molecule has 3 rings (SSSR count). The van der Waals surface area contributed by atoms with Crippen molar-refractivity contribution in [1.29, 1.82) is 0 Å².